The molecule has 0 aliphatic heterocycles. The Hall–Kier alpha value is -2.37. The highest BCUT2D eigenvalue weighted by molar-refractivity contribution is 6.00. The van der Waals surface area contributed by atoms with Crippen LogP contribution in [0.3, 0.4) is 0 Å². The van der Waals surface area contributed by atoms with Crippen LogP contribution in [0.2, 0.25) is 0 Å². The molecule has 0 aromatic carbocycles. The number of hydrogen-bond acceptors (Lipinski definition) is 4. The molecule has 22 heavy (non-hydrogen) atoms. The number of amides is 1. The Balaban J connectivity index is 2.43. The highest BCUT2D eigenvalue weighted by Gasteiger charge is 2.23. The summed E-state index contributed by atoms with van der Waals surface area (Å²) in [4.78, 5) is 28.7. The Bertz CT molecular complexity index is 674. The van der Waals surface area contributed by atoms with E-state index < -0.39 is 5.97 Å². The molecule has 0 unspecified atom stereocenters. The summed E-state index contributed by atoms with van der Waals surface area (Å²) in [5.41, 5.74) is 0.720. The minimum Gasteiger partial charge on any atom is -0.461 e. The van der Waals surface area contributed by atoms with Crippen LogP contribution in [0, 0.1) is 5.92 Å². The van der Waals surface area contributed by atoms with E-state index in [-0.39, 0.29) is 24.1 Å². The van der Waals surface area contributed by atoms with Gasteiger partial charge >= 0.3 is 5.97 Å². The molecule has 2 heterocycles. The van der Waals surface area contributed by atoms with E-state index in [0.717, 1.165) is 12.8 Å². The summed E-state index contributed by atoms with van der Waals surface area (Å²) in [6, 6.07) is 5.41. The van der Waals surface area contributed by atoms with Gasteiger partial charge in [0, 0.05) is 12.1 Å². The van der Waals surface area contributed by atoms with Crippen molar-refractivity contribution in [3.63, 3.8) is 0 Å². The number of carbonyl (C=O) groups is 2. The van der Waals surface area contributed by atoms with Gasteiger partial charge in [0.15, 0.2) is 11.5 Å². The Morgan fingerprint density at radius 1 is 1.27 bits per heavy atom. The largest absolute Gasteiger partial charge is 0.461 e. The van der Waals surface area contributed by atoms with E-state index in [1.807, 2.05) is 26.0 Å². The number of imidazole rings is 1. The van der Waals surface area contributed by atoms with Gasteiger partial charge in [0.2, 0.25) is 5.91 Å². The van der Waals surface area contributed by atoms with Crippen molar-refractivity contribution in [1.82, 2.24) is 9.38 Å². The fourth-order valence-electron chi connectivity index (χ4n) is 2.34. The van der Waals surface area contributed by atoms with Crippen LogP contribution in [0.1, 0.15) is 44.1 Å². The summed E-state index contributed by atoms with van der Waals surface area (Å²) in [6.07, 6.45) is 3.25. The second kappa shape index (κ2) is 7.06. The van der Waals surface area contributed by atoms with Gasteiger partial charge in [-0.1, -0.05) is 19.9 Å². The van der Waals surface area contributed by atoms with Gasteiger partial charge in [-0.25, -0.2) is 9.78 Å². The van der Waals surface area contributed by atoms with Crippen molar-refractivity contribution in [3.8, 4) is 0 Å². The third-order valence-corrected chi connectivity index (χ3v) is 3.60. The van der Waals surface area contributed by atoms with Crippen molar-refractivity contribution in [2.75, 3.05) is 11.9 Å². The lowest BCUT2D eigenvalue weighted by molar-refractivity contribution is -0.120. The Labute approximate surface area is 129 Å². The number of anilines is 1. The molecule has 1 N–H and O–H groups in total. The molecule has 0 aliphatic rings. The third kappa shape index (κ3) is 3.10. The van der Waals surface area contributed by atoms with Gasteiger partial charge in [-0.05, 0) is 31.9 Å². The van der Waals surface area contributed by atoms with Crippen molar-refractivity contribution >= 4 is 23.3 Å². The second-order valence-corrected chi connectivity index (χ2v) is 4.96. The molecular weight excluding hydrogens is 282 g/mol. The van der Waals surface area contributed by atoms with E-state index in [0.29, 0.717) is 11.5 Å². The van der Waals surface area contributed by atoms with Crippen molar-refractivity contribution < 1.29 is 14.3 Å². The highest BCUT2D eigenvalue weighted by atomic mass is 16.5. The monoisotopic (exact) mass is 303 g/mol. The maximum absolute atomic E-state index is 12.3. The van der Waals surface area contributed by atoms with Gasteiger partial charge in [-0.15, -0.1) is 0 Å². The number of nitrogens with one attached hydrogen (secondary N) is 1. The van der Waals surface area contributed by atoms with Crippen molar-refractivity contribution in [2.24, 2.45) is 5.92 Å². The minimum atomic E-state index is -0.536. The molecule has 1 amide bonds. The third-order valence-electron chi connectivity index (χ3n) is 3.60. The van der Waals surface area contributed by atoms with E-state index in [4.69, 9.17) is 4.74 Å². The highest BCUT2D eigenvalue weighted by Crippen LogP contribution is 2.21. The Kier molecular flexibility index (Phi) is 5.14. The zero-order chi connectivity index (χ0) is 16.1. The van der Waals surface area contributed by atoms with Crippen LogP contribution in [0.4, 0.5) is 5.82 Å². The molecule has 0 bridgehead atoms. The fraction of sp³-hybridized carbons (Fsp3) is 0.438. The van der Waals surface area contributed by atoms with E-state index >= 15 is 0 Å². The summed E-state index contributed by atoms with van der Waals surface area (Å²) in [5, 5.41) is 2.84. The Morgan fingerprint density at radius 3 is 2.64 bits per heavy atom. The first-order valence-electron chi connectivity index (χ1n) is 7.57. The number of pyridine rings is 1. The smallest absolute Gasteiger partial charge is 0.360 e. The van der Waals surface area contributed by atoms with Crippen molar-refractivity contribution in [3.05, 3.63) is 30.1 Å². The van der Waals surface area contributed by atoms with Crippen molar-refractivity contribution in [2.45, 2.75) is 33.6 Å². The van der Waals surface area contributed by atoms with Gasteiger partial charge in [0.25, 0.3) is 0 Å². The van der Waals surface area contributed by atoms with Crippen LogP contribution in [-0.4, -0.2) is 27.9 Å². The molecule has 0 radical (unpaired) electrons. The average Bonchev–Trinajstić information content (AvgIpc) is 2.88. The number of nitrogens with zero attached hydrogens (tertiary/aromatic N) is 2. The molecule has 0 saturated heterocycles. The molecule has 0 atom stereocenters. The van der Waals surface area contributed by atoms with Gasteiger partial charge in [-0.3, -0.25) is 9.20 Å². The first-order chi connectivity index (χ1) is 10.6. The van der Waals surface area contributed by atoms with Crippen LogP contribution >= 0.6 is 0 Å². The van der Waals surface area contributed by atoms with Crippen LogP contribution in [0.5, 0.6) is 0 Å². The Morgan fingerprint density at radius 2 is 2.00 bits per heavy atom. The quantitative estimate of drug-likeness (QED) is 0.833. The minimum absolute atomic E-state index is 0.0932. The molecule has 0 saturated carbocycles. The standard InChI is InChI=1S/C16H21N3O3/c1-4-11(5-2)15(20)18-14-13(16(21)22-6-3)17-12-9-7-8-10-19(12)14/h7-11H,4-6H2,1-3H3,(H,18,20). The normalized spacial score (nSPS) is 10.9. The van der Waals surface area contributed by atoms with Crippen LogP contribution in [0.15, 0.2) is 24.4 Å². The molecule has 0 spiro atoms. The molecule has 6 heteroatoms. The van der Waals surface area contributed by atoms with Gasteiger partial charge in [-0.2, -0.15) is 0 Å². The lowest BCUT2D eigenvalue weighted by atomic mass is 10.0. The van der Waals surface area contributed by atoms with Crippen molar-refractivity contribution in [1.29, 1.82) is 0 Å². The van der Waals surface area contributed by atoms with Gasteiger partial charge in [0.05, 0.1) is 6.61 Å². The maximum atomic E-state index is 12.3. The molecule has 6 nitrogen and oxygen atoms in total. The predicted octanol–water partition coefficient (Wildman–Crippen LogP) is 2.89. The molecule has 0 aliphatic carbocycles. The molecule has 2 aromatic heterocycles. The van der Waals surface area contributed by atoms with E-state index in [9.17, 15) is 9.59 Å². The second-order valence-electron chi connectivity index (χ2n) is 4.96. The number of aromatic nitrogens is 2. The van der Waals surface area contributed by atoms with E-state index in [1.54, 1.807) is 23.6 Å². The van der Waals surface area contributed by atoms with Crippen LogP contribution in [-0.2, 0) is 9.53 Å². The molecule has 2 rings (SSSR count). The number of carbonyl (C=O) groups excluding carboxylic acids is 2. The molecule has 118 valence electrons. The van der Waals surface area contributed by atoms with Crippen LogP contribution < -0.4 is 5.32 Å². The number of hydrogen-bond donors (Lipinski definition) is 1. The van der Waals surface area contributed by atoms with Crippen LogP contribution in [0.25, 0.3) is 5.65 Å². The predicted molar refractivity (Wildman–Crippen MR) is 83.9 cm³/mol. The topological polar surface area (TPSA) is 72.7 Å². The summed E-state index contributed by atoms with van der Waals surface area (Å²) in [7, 11) is 0. The van der Waals surface area contributed by atoms with E-state index in [1.165, 1.54) is 0 Å². The zero-order valence-electron chi connectivity index (χ0n) is 13.1. The SMILES string of the molecule is CCOC(=O)c1nc2ccccn2c1NC(=O)C(CC)CC. The molecular formula is C16H21N3O3. The first-order valence-corrected chi connectivity index (χ1v) is 7.57. The van der Waals surface area contributed by atoms with E-state index in [2.05, 4.69) is 10.3 Å². The number of fused-ring (bicyclic) bond motifs is 1. The first kappa shape index (κ1) is 16.0. The maximum Gasteiger partial charge on any atom is 0.360 e. The number of esters is 1. The number of ether oxygens (including phenoxy) is 1. The average molecular weight is 303 g/mol. The summed E-state index contributed by atoms with van der Waals surface area (Å²) in [6.45, 7) is 5.92. The lowest BCUT2D eigenvalue weighted by Gasteiger charge is -2.13. The van der Waals surface area contributed by atoms with Gasteiger partial charge in [0.1, 0.15) is 5.65 Å². The van der Waals surface area contributed by atoms with Gasteiger partial charge < -0.3 is 10.1 Å². The molecule has 0 fully saturated rings. The molecule has 2 aromatic rings. The summed E-state index contributed by atoms with van der Waals surface area (Å²) in [5.74, 6) is -0.373. The summed E-state index contributed by atoms with van der Waals surface area (Å²) >= 11 is 0. The number of rotatable bonds is 6. The zero-order valence-corrected chi connectivity index (χ0v) is 13.1. The fourth-order valence-corrected chi connectivity index (χ4v) is 2.34. The summed E-state index contributed by atoms with van der Waals surface area (Å²) < 4.78 is 6.71. The lowest BCUT2D eigenvalue weighted by Crippen LogP contribution is -2.24.